The molecule has 1 aromatic rings. The van der Waals surface area contributed by atoms with Gasteiger partial charge in [0.1, 0.15) is 11.6 Å². The van der Waals surface area contributed by atoms with Gasteiger partial charge in [0.25, 0.3) is 0 Å². The minimum Gasteiger partial charge on any atom is -0.313 e. The van der Waals surface area contributed by atoms with Crippen LogP contribution >= 0.6 is 0 Å². The maximum atomic E-state index is 13.4. The number of halogens is 2. The summed E-state index contributed by atoms with van der Waals surface area (Å²) in [6, 6.07) is 4.59. The van der Waals surface area contributed by atoms with Crippen molar-refractivity contribution in [3.8, 4) is 0 Å². The van der Waals surface area contributed by atoms with E-state index < -0.39 is 11.6 Å². The summed E-state index contributed by atoms with van der Waals surface area (Å²) < 4.78 is 26.7. The molecule has 15 heavy (non-hydrogen) atoms. The summed E-state index contributed by atoms with van der Waals surface area (Å²) in [4.78, 5) is 0. The van der Waals surface area contributed by atoms with Gasteiger partial charge in [-0.25, -0.2) is 8.78 Å². The summed E-state index contributed by atoms with van der Waals surface area (Å²) in [6.45, 7) is 2.49. The molecule has 0 aromatic heterocycles. The van der Waals surface area contributed by atoms with Gasteiger partial charge >= 0.3 is 0 Å². The Kier molecular flexibility index (Phi) is 3.00. The highest BCUT2D eigenvalue weighted by molar-refractivity contribution is 5.23. The van der Waals surface area contributed by atoms with Crippen molar-refractivity contribution in [3.05, 3.63) is 35.4 Å². The Morgan fingerprint density at radius 1 is 1.33 bits per heavy atom. The first kappa shape index (κ1) is 10.6. The van der Waals surface area contributed by atoms with Crippen molar-refractivity contribution in [3.63, 3.8) is 0 Å². The van der Waals surface area contributed by atoms with Gasteiger partial charge in [0.2, 0.25) is 0 Å². The quantitative estimate of drug-likeness (QED) is 0.807. The van der Waals surface area contributed by atoms with Crippen molar-refractivity contribution in [1.29, 1.82) is 0 Å². The second-order valence-electron chi connectivity index (χ2n) is 4.22. The van der Waals surface area contributed by atoms with Crippen LogP contribution in [0.1, 0.15) is 31.2 Å². The molecule has 0 heterocycles. The lowest BCUT2D eigenvalue weighted by molar-refractivity contribution is 0.513. The van der Waals surface area contributed by atoms with E-state index in [1.807, 2.05) is 6.92 Å². The highest BCUT2D eigenvalue weighted by Gasteiger charge is 2.22. The molecular formula is C12H15F2N. The average Bonchev–Trinajstić information content (AvgIpc) is 2.97. The van der Waals surface area contributed by atoms with Crippen molar-refractivity contribution in [1.82, 2.24) is 5.32 Å². The van der Waals surface area contributed by atoms with Crippen molar-refractivity contribution < 1.29 is 8.78 Å². The first-order chi connectivity index (χ1) is 7.18. The normalized spacial score (nSPS) is 17.8. The molecule has 1 N–H and O–H groups in total. The maximum absolute atomic E-state index is 13.4. The summed E-state index contributed by atoms with van der Waals surface area (Å²) in [6.07, 6.45) is 2.37. The van der Waals surface area contributed by atoms with Crippen LogP contribution in [-0.2, 0) is 0 Å². The lowest BCUT2D eigenvalue weighted by atomic mass is 10.00. The third-order valence-corrected chi connectivity index (χ3v) is 2.78. The van der Waals surface area contributed by atoms with Crippen LogP contribution in [0.25, 0.3) is 0 Å². The fourth-order valence-electron chi connectivity index (χ4n) is 1.71. The van der Waals surface area contributed by atoms with E-state index in [1.54, 1.807) is 0 Å². The van der Waals surface area contributed by atoms with Crippen molar-refractivity contribution in [2.75, 3.05) is 6.54 Å². The Balaban J connectivity index is 2.05. The van der Waals surface area contributed by atoms with Gasteiger partial charge in [-0.05, 0) is 30.9 Å². The molecule has 1 aliphatic carbocycles. The van der Waals surface area contributed by atoms with E-state index in [2.05, 4.69) is 5.32 Å². The largest absolute Gasteiger partial charge is 0.313 e. The second kappa shape index (κ2) is 4.27. The predicted octanol–water partition coefficient (Wildman–Crippen LogP) is 2.82. The zero-order chi connectivity index (χ0) is 10.8. The summed E-state index contributed by atoms with van der Waals surface area (Å²) in [7, 11) is 0. The molecule has 0 bridgehead atoms. The Morgan fingerprint density at radius 3 is 2.47 bits per heavy atom. The molecule has 3 heteroatoms. The van der Waals surface area contributed by atoms with Crippen LogP contribution in [0.3, 0.4) is 0 Å². The van der Waals surface area contributed by atoms with Crippen LogP contribution < -0.4 is 5.32 Å². The number of hydrogen-bond acceptors (Lipinski definition) is 1. The predicted molar refractivity (Wildman–Crippen MR) is 55.8 cm³/mol. The van der Waals surface area contributed by atoms with Crippen molar-refractivity contribution >= 4 is 0 Å². The highest BCUT2D eigenvalue weighted by atomic mass is 19.1. The number of rotatable bonds is 4. The molecule has 0 saturated heterocycles. The third-order valence-electron chi connectivity index (χ3n) is 2.78. The lowest BCUT2D eigenvalue weighted by Crippen LogP contribution is -2.23. The molecule has 82 valence electrons. The minimum absolute atomic E-state index is 0.119. The van der Waals surface area contributed by atoms with E-state index >= 15 is 0 Å². The van der Waals surface area contributed by atoms with Gasteiger partial charge in [-0.15, -0.1) is 0 Å². The van der Waals surface area contributed by atoms with Gasteiger partial charge < -0.3 is 5.32 Å². The third kappa shape index (κ3) is 2.53. The minimum atomic E-state index is -0.444. The standard InChI is InChI=1S/C12H15F2N/c1-8(7-15-9-5-6-9)12-10(13)3-2-4-11(12)14/h2-4,8-9,15H,5-7H2,1H3. The molecule has 0 spiro atoms. The second-order valence-corrected chi connectivity index (χ2v) is 4.22. The molecule has 0 radical (unpaired) electrons. The van der Waals surface area contributed by atoms with Crippen molar-refractivity contribution in [2.45, 2.75) is 31.7 Å². The Morgan fingerprint density at radius 2 is 1.93 bits per heavy atom. The fourth-order valence-corrected chi connectivity index (χ4v) is 1.71. The summed E-state index contributed by atoms with van der Waals surface area (Å²) >= 11 is 0. The van der Waals surface area contributed by atoms with E-state index in [1.165, 1.54) is 31.0 Å². The molecule has 1 saturated carbocycles. The van der Waals surface area contributed by atoms with Gasteiger partial charge in [-0.1, -0.05) is 13.0 Å². The molecule has 0 amide bonds. The lowest BCUT2D eigenvalue weighted by Gasteiger charge is -2.14. The Bertz CT molecular complexity index is 327. The highest BCUT2D eigenvalue weighted by Crippen LogP contribution is 2.24. The van der Waals surface area contributed by atoms with E-state index in [4.69, 9.17) is 0 Å². The Labute approximate surface area is 88.5 Å². The summed E-state index contributed by atoms with van der Waals surface area (Å²) in [5, 5.41) is 3.28. The Hall–Kier alpha value is -0.960. The fraction of sp³-hybridized carbons (Fsp3) is 0.500. The zero-order valence-corrected chi connectivity index (χ0v) is 8.76. The number of nitrogens with one attached hydrogen (secondary N) is 1. The van der Waals surface area contributed by atoms with Crippen LogP contribution in [-0.4, -0.2) is 12.6 Å². The topological polar surface area (TPSA) is 12.0 Å². The van der Waals surface area contributed by atoms with E-state index in [-0.39, 0.29) is 11.5 Å². The maximum Gasteiger partial charge on any atom is 0.129 e. The van der Waals surface area contributed by atoms with Crippen LogP contribution in [0.15, 0.2) is 18.2 Å². The van der Waals surface area contributed by atoms with Gasteiger partial charge in [-0.3, -0.25) is 0 Å². The van der Waals surface area contributed by atoms with Gasteiger partial charge in [0.15, 0.2) is 0 Å². The van der Waals surface area contributed by atoms with Crippen LogP contribution in [0.4, 0.5) is 8.78 Å². The molecule has 1 unspecified atom stereocenters. The van der Waals surface area contributed by atoms with Crippen LogP contribution in [0, 0.1) is 11.6 Å². The molecule has 1 aliphatic rings. The first-order valence-corrected chi connectivity index (χ1v) is 5.35. The molecular weight excluding hydrogens is 196 g/mol. The number of hydrogen-bond donors (Lipinski definition) is 1. The molecule has 0 aliphatic heterocycles. The smallest absolute Gasteiger partial charge is 0.129 e. The SMILES string of the molecule is CC(CNC1CC1)c1c(F)cccc1F. The van der Waals surface area contributed by atoms with E-state index in [0.717, 1.165) is 0 Å². The first-order valence-electron chi connectivity index (χ1n) is 5.35. The van der Waals surface area contributed by atoms with E-state index in [9.17, 15) is 8.78 Å². The monoisotopic (exact) mass is 211 g/mol. The van der Waals surface area contributed by atoms with Crippen LogP contribution in [0.5, 0.6) is 0 Å². The number of benzene rings is 1. The average molecular weight is 211 g/mol. The van der Waals surface area contributed by atoms with Crippen LogP contribution in [0.2, 0.25) is 0 Å². The molecule has 1 atom stereocenters. The van der Waals surface area contributed by atoms with Gasteiger partial charge in [-0.2, -0.15) is 0 Å². The van der Waals surface area contributed by atoms with Crippen molar-refractivity contribution in [2.24, 2.45) is 0 Å². The summed E-state index contributed by atoms with van der Waals surface area (Å²) in [5.41, 5.74) is 0.200. The molecule has 2 rings (SSSR count). The van der Waals surface area contributed by atoms with Gasteiger partial charge in [0, 0.05) is 18.2 Å². The molecule has 1 fully saturated rings. The molecule has 1 nitrogen and oxygen atoms in total. The van der Waals surface area contributed by atoms with E-state index in [0.29, 0.717) is 12.6 Å². The summed E-state index contributed by atoms with van der Waals surface area (Å²) in [5.74, 6) is -1.01. The zero-order valence-electron chi connectivity index (χ0n) is 8.76. The molecule has 1 aromatic carbocycles. The van der Waals surface area contributed by atoms with Gasteiger partial charge in [0.05, 0.1) is 0 Å².